The first-order valence-electron chi connectivity index (χ1n) is 5.96. The molecule has 0 bridgehead atoms. The predicted molar refractivity (Wildman–Crippen MR) is 71.6 cm³/mol. The molecule has 0 aliphatic carbocycles. The topological polar surface area (TPSA) is 58.6 Å². The van der Waals surface area contributed by atoms with Crippen LogP contribution >= 0.6 is 0 Å². The highest BCUT2D eigenvalue weighted by Gasteiger charge is 2.35. The number of alkyl halides is 3. The summed E-state index contributed by atoms with van der Waals surface area (Å²) in [6.45, 7) is -1.21. The number of rotatable bonds is 6. The molecule has 9 heteroatoms. The van der Waals surface area contributed by atoms with E-state index in [2.05, 4.69) is 5.32 Å². The number of hydrogen-bond acceptors (Lipinski definition) is 4. The van der Waals surface area contributed by atoms with Crippen LogP contribution in [0.2, 0.25) is 0 Å². The van der Waals surface area contributed by atoms with Crippen molar-refractivity contribution < 1.29 is 26.3 Å². The second-order valence-corrected chi connectivity index (χ2v) is 6.43. The third kappa shape index (κ3) is 4.58. The van der Waals surface area contributed by atoms with Crippen LogP contribution in [-0.2, 0) is 16.6 Å². The molecule has 0 unspecified atom stereocenters. The highest BCUT2D eigenvalue weighted by Crippen LogP contribution is 2.26. The van der Waals surface area contributed by atoms with Gasteiger partial charge < -0.3 is 10.1 Å². The standard InChI is InChI=1S/C12H17F3N2O3S/c1-16-7-9-6-10(4-5-11(9)20-3)21(18,19)17(2)8-12(13,14)15/h4-6,16H,7-8H2,1-3H3. The molecule has 0 fully saturated rings. The van der Waals surface area contributed by atoms with Crippen molar-refractivity contribution in [1.29, 1.82) is 0 Å². The predicted octanol–water partition coefficient (Wildman–Crippen LogP) is 1.60. The van der Waals surface area contributed by atoms with Crippen molar-refractivity contribution in [3.63, 3.8) is 0 Å². The van der Waals surface area contributed by atoms with Crippen LogP contribution in [0.1, 0.15) is 5.56 Å². The lowest BCUT2D eigenvalue weighted by Gasteiger charge is -2.19. The average Bonchev–Trinajstić information content (AvgIpc) is 2.37. The SMILES string of the molecule is CNCc1cc(S(=O)(=O)N(C)CC(F)(F)F)ccc1OC. The summed E-state index contributed by atoms with van der Waals surface area (Å²) in [4.78, 5) is -0.208. The van der Waals surface area contributed by atoms with Crippen LogP contribution in [0.5, 0.6) is 5.75 Å². The van der Waals surface area contributed by atoms with Gasteiger partial charge in [0.15, 0.2) is 0 Å². The summed E-state index contributed by atoms with van der Waals surface area (Å²) in [5.74, 6) is 0.460. The number of nitrogens with one attached hydrogen (secondary N) is 1. The smallest absolute Gasteiger partial charge is 0.402 e. The second kappa shape index (κ2) is 6.63. The van der Waals surface area contributed by atoms with Gasteiger partial charge in [-0.3, -0.25) is 0 Å². The van der Waals surface area contributed by atoms with Gasteiger partial charge in [0.1, 0.15) is 12.3 Å². The molecular formula is C12H17F3N2O3S. The minimum absolute atomic E-state index is 0.208. The third-order valence-corrected chi connectivity index (χ3v) is 4.53. The minimum Gasteiger partial charge on any atom is -0.496 e. The van der Waals surface area contributed by atoms with Gasteiger partial charge in [-0.25, -0.2) is 8.42 Å². The molecule has 0 saturated heterocycles. The molecule has 0 atom stereocenters. The Morgan fingerprint density at radius 1 is 1.33 bits per heavy atom. The Bertz CT molecular complexity index is 588. The van der Waals surface area contributed by atoms with Crippen LogP contribution in [0, 0.1) is 0 Å². The summed E-state index contributed by atoms with van der Waals surface area (Å²) in [7, 11) is -0.222. The van der Waals surface area contributed by atoms with Crippen molar-refractivity contribution in [3.05, 3.63) is 23.8 Å². The van der Waals surface area contributed by atoms with Gasteiger partial charge in [0.2, 0.25) is 10.0 Å². The lowest BCUT2D eigenvalue weighted by molar-refractivity contribution is -0.134. The summed E-state index contributed by atoms with van der Waals surface area (Å²) in [6.07, 6.45) is -4.60. The molecule has 0 amide bonds. The van der Waals surface area contributed by atoms with Crippen LogP contribution in [0.25, 0.3) is 0 Å². The van der Waals surface area contributed by atoms with E-state index in [0.717, 1.165) is 7.05 Å². The fourth-order valence-corrected chi connectivity index (χ4v) is 2.97. The molecule has 5 nitrogen and oxygen atoms in total. The Kier molecular flexibility index (Phi) is 5.60. The zero-order chi connectivity index (χ0) is 16.3. The Morgan fingerprint density at radius 2 is 1.95 bits per heavy atom. The lowest BCUT2D eigenvalue weighted by Crippen LogP contribution is -2.35. The zero-order valence-corrected chi connectivity index (χ0v) is 12.7. The number of methoxy groups -OCH3 is 1. The summed E-state index contributed by atoms with van der Waals surface area (Å²) < 4.78 is 66.6. The molecule has 0 radical (unpaired) electrons. The first-order chi connectivity index (χ1) is 9.61. The molecule has 1 rings (SSSR count). The van der Waals surface area contributed by atoms with Crippen LogP contribution in [0.15, 0.2) is 23.1 Å². The average molecular weight is 326 g/mol. The van der Waals surface area contributed by atoms with E-state index in [4.69, 9.17) is 4.74 Å². The van der Waals surface area contributed by atoms with E-state index in [0.29, 0.717) is 17.9 Å². The number of ether oxygens (including phenoxy) is 1. The molecule has 0 aromatic heterocycles. The maximum absolute atomic E-state index is 12.3. The second-order valence-electron chi connectivity index (χ2n) is 4.38. The molecule has 1 aromatic rings. The van der Waals surface area contributed by atoms with Crippen LogP contribution in [0.4, 0.5) is 13.2 Å². The van der Waals surface area contributed by atoms with E-state index in [1.165, 1.54) is 25.3 Å². The van der Waals surface area contributed by atoms with Gasteiger partial charge in [0.25, 0.3) is 0 Å². The first-order valence-corrected chi connectivity index (χ1v) is 7.40. The van der Waals surface area contributed by atoms with E-state index in [9.17, 15) is 21.6 Å². The van der Waals surface area contributed by atoms with E-state index in [1.54, 1.807) is 7.05 Å². The third-order valence-electron chi connectivity index (χ3n) is 2.73. The monoisotopic (exact) mass is 326 g/mol. The molecule has 0 aliphatic heterocycles. The van der Waals surface area contributed by atoms with E-state index < -0.39 is 22.7 Å². The van der Waals surface area contributed by atoms with Crippen molar-refractivity contribution in [3.8, 4) is 5.75 Å². The molecule has 1 N–H and O–H groups in total. The van der Waals surface area contributed by atoms with Crippen molar-refractivity contribution in [1.82, 2.24) is 9.62 Å². The largest absolute Gasteiger partial charge is 0.496 e. The Morgan fingerprint density at radius 3 is 2.43 bits per heavy atom. The normalized spacial score (nSPS) is 12.7. The molecule has 0 aliphatic rings. The highest BCUT2D eigenvalue weighted by molar-refractivity contribution is 7.89. The lowest BCUT2D eigenvalue weighted by atomic mass is 10.2. The van der Waals surface area contributed by atoms with Crippen molar-refractivity contribution in [2.45, 2.75) is 17.6 Å². The van der Waals surface area contributed by atoms with Crippen LogP contribution < -0.4 is 10.1 Å². The zero-order valence-electron chi connectivity index (χ0n) is 11.9. The van der Waals surface area contributed by atoms with E-state index >= 15 is 0 Å². The Labute approximate surface area is 121 Å². The Hall–Kier alpha value is -1.32. The maximum atomic E-state index is 12.3. The van der Waals surface area contributed by atoms with Crippen molar-refractivity contribution >= 4 is 10.0 Å². The van der Waals surface area contributed by atoms with Gasteiger partial charge in [-0.05, 0) is 25.2 Å². The first kappa shape index (κ1) is 17.7. The Balaban J connectivity index is 3.16. The van der Waals surface area contributed by atoms with Gasteiger partial charge in [-0.2, -0.15) is 17.5 Å². The summed E-state index contributed by atoms with van der Waals surface area (Å²) in [5, 5.41) is 2.84. The molecule has 0 heterocycles. The number of nitrogens with zero attached hydrogens (tertiary/aromatic N) is 1. The fraction of sp³-hybridized carbons (Fsp3) is 0.500. The van der Waals surface area contributed by atoms with Crippen molar-refractivity contribution in [2.24, 2.45) is 0 Å². The number of halogens is 3. The number of hydrogen-bond donors (Lipinski definition) is 1. The molecule has 0 spiro atoms. The van der Waals surface area contributed by atoms with Gasteiger partial charge in [0.05, 0.1) is 12.0 Å². The highest BCUT2D eigenvalue weighted by atomic mass is 32.2. The van der Waals surface area contributed by atoms with Crippen molar-refractivity contribution in [2.75, 3.05) is 27.7 Å². The van der Waals surface area contributed by atoms with Crippen LogP contribution in [0.3, 0.4) is 0 Å². The molecule has 120 valence electrons. The van der Waals surface area contributed by atoms with Gasteiger partial charge in [-0.1, -0.05) is 0 Å². The number of benzene rings is 1. The molecule has 21 heavy (non-hydrogen) atoms. The van der Waals surface area contributed by atoms with Gasteiger partial charge in [0, 0.05) is 19.2 Å². The van der Waals surface area contributed by atoms with Gasteiger partial charge in [-0.15, -0.1) is 0 Å². The van der Waals surface area contributed by atoms with Crippen LogP contribution in [-0.4, -0.2) is 46.6 Å². The fourth-order valence-electron chi connectivity index (χ4n) is 1.76. The van der Waals surface area contributed by atoms with Gasteiger partial charge >= 0.3 is 6.18 Å². The summed E-state index contributed by atoms with van der Waals surface area (Å²) in [5.41, 5.74) is 0.543. The molecular weight excluding hydrogens is 309 g/mol. The summed E-state index contributed by atoms with van der Waals surface area (Å²) in [6, 6.07) is 3.94. The minimum atomic E-state index is -4.60. The molecule has 0 saturated carbocycles. The van der Waals surface area contributed by atoms with E-state index in [-0.39, 0.29) is 9.20 Å². The maximum Gasteiger partial charge on any atom is 0.402 e. The molecule has 1 aromatic carbocycles. The van der Waals surface area contributed by atoms with E-state index in [1.807, 2.05) is 0 Å². The quantitative estimate of drug-likeness (QED) is 0.863. The summed E-state index contributed by atoms with van der Waals surface area (Å²) >= 11 is 0. The number of sulfonamides is 1.